The predicted molar refractivity (Wildman–Crippen MR) is 133 cm³/mol. The minimum atomic E-state index is -0.277. The maximum Gasteiger partial charge on any atom is 0.244 e. The fourth-order valence-corrected chi connectivity index (χ4v) is 4.63. The van der Waals surface area contributed by atoms with Crippen LogP contribution in [0.3, 0.4) is 0 Å². The summed E-state index contributed by atoms with van der Waals surface area (Å²) in [7, 11) is 1.67. The van der Waals surface area contributed by atoms with Crippen molar-refractivity contribution < 1.29 is 13.9 Å². The van der Waals surface area contributed by atoms with E-state index in [4.69, 9.17) is 4.74 Å². The van der Waals surface area contributed by atoms with Crippen LogP contribution in [0.25, 0.3) is 22.2 Å². The number of pyridine rings is 1. The fraction of sp³-hybridized carbons (Fsp3) is 0.296. The van der Waals surface area contributed by atoms with Gasteiger partial charge in [0.1, 0.15) is 18.1 Å². The van der Waals surface area contributed by atoms with Gasteiger partial charge in [0.05, 0.1) is 12.8 Å². The lowest BCUT2D eigenvalue weighted by molar-refractivity contribution is -0.133. The summed E-state index contributed by atoms with van der Waals surface area (Å²) in [6.07, 6.45) is 1.71. The van der Waals surface area contributed by atoms with Crippen molar-refractivity contribution >= 4 is 16.9 Å². The van der Waals surface area contributed by atoms with Crippen LogP contribution in [0.1, 0.15) is 11.3 Å². The molecule has 2 aromatic carbocycles. The molecular weight excluding hydrogens is 445 g/mol. The second-order valence-corrected chi connectivity index (χ2v) is 8.81. The summed E-state index contributed by atoms with van der Waals surface area (Å²) in [5.74, 6) is 0.610. The predicted octanol–water partition coefficient (Wildman–Crippen LogP) is 3.90. The lowest BCUT2D eigenvalue weighted by atomic mass is 10.0. The van der Waals surface area contributed by atoms with Gasteiger partial charge in [0, 0.05) is 44.3 Å². The number of aromatic nitrogens is 3. The third kappa shape index (κ3) is 4.88. The minimum absolute atomic E-state index is 0.0347. The molecule has 0 spiro atoms. The highest BCUT2D eigenvalue weighted by Gasteiger charge is 2.23. The van der Waals surface area contributed by atoms with Gasteiger partial charge in [0.2, 0.25) is 5.91 Å². The molecule has 1 aliphatic rings. The second-order valence-electron chi connectivity index (χ2n) is 8.81. The van der Waals surface area contributed by atoms with Crippen molar-refractivity contribution in [3.8, 4) is 16.9 Å². The van der Waals surface area contributed by atoms with Gasteiger partial charge in [-0.1, -0.05) is 24.3 Å². The Hall–Kier alpha value is -3.78. The fourth-order valence-electron chi connectivity index (χ4n) is 4.63. The van der Waals surface area contributed by atoms with Gasteiger partial charge in [-0.25, -0.2) is 14.1 Å². The molecule has 0 radical (unpaired) electrons. The number of hydrogen-bond donors (Lipinski definition) is 0. The molecule has 180 valence electrons. The molecule has 8 heteroatoms. The first-order chi connectivity index (χ1) is 17.0. The summed E-state index contributed by atoms with van der Waals surface area (Å²) in [6.45, 7) is 5.92. The molecule has 0 atom stereocenters. The highest BCUT2D eigenvalue weighted by molar-refractivity contribution is 5.95. The molecule has 0 saturated carbocycles. The molecule has 0 N–H and O–H groups in total. The van der Waals surface area contributed by atoms with Crippen LogP contribution in [0.15, 0.2) is 60.8 Å². The van der Waals surface area contributed by atoms with Gasteiger partial charge in [-0.05, 0) is 53.9 Å². The van der Waals surface area contributed by atoms with E-state index in [1.54, 1.807) is 30.1 Å². The Kier molecular flexibility index (Phi) is 6.46. The van der Waals surface area contributed by atoms with Crippen molar-refractivity contribution in [2.45, 2.75) is 20.0 Å². The van der Waals surface area contributed by atoms with Crippen LogP contribution >= 0.6 is 0 Å². The molecule has 4 aromatic rings. The highest BCUT2D eigenvalue weighted by atomic mass is 19.1. The molecule has 1 amide bonds. The van der Waals surface area contributed by atoms with Crippen LogP contribution < -0.4 is 4.74 Å². The lowest BCUT2D eigenvalue weighted by Gasteiger charge is -2.34. The highest BCUT2D eigenvalue weighted by Crippen LogP contribution is 2.30. The van der Waals surface area contributed by atoms with E-state index in [0.717, 1.165) is 47.6 Å². The quantitative estimate of drug-likeness (QED) is 0.425. The van der Waals surface area contributed by atoms with Gasteiger partial charge in [0.15, 0.2) is 5.65 Å². The van der Waals surface area contributed by atoms with Gasteiger partial charge in [-0.3, -0.25) is 9.69 Å². The van der Waals surface area contributed by atoms with Crippen molar-refractivity contribution in [1.29, 1.82) is 0 Å². The number of carbonyl (C=O) groups excluding carboxylic acids is 1. The molecule has 0 unspecified atom stereocenters. The van der Waals surface area contributed by atoms with E-state index in [9.17, 15) is 9.18 Å². The maximum absolute atomic E-state index is 13.4. The Labute approximate surface area is 203 Å². The standard InChI is InChI=1S/C27H28FN5O2/c1-19-26-24(21-5-7-22(28)8-6-21)11-12-29-27(26)33(30-19)18-25(34)32-15-13-31(14-16-32)17-20-3-9-23(35-2)10-4-20/h3-12H,13-18H2,1-2H3. The average Bonchev–Trinajstić information content (AvgIpc) is 3.20. The molecule has 7 nitrogen and oxygen atoms in total. The van der Waals surface area contributed by atoms with Gasteiger partial charge >= 0.3 is 0 Å². The van der Waals surface area contributed by atoms with E-state index in [2.05, 4.69) is 27.1 Å². The SMILES string of the molecule is COc1ccc(CN2CCN(C(=O)Cn3nc(C)c4c(-c5ccc(F)cc5)ccnc43)CC2)cc1. The van der Waals surface area contributed by atoms with E-state index >= 15 is 0 Å². The number of piperazine rings is 1. The number of amides is 1. The van der Waals surface area contributed by atoms with Crippen molar-refractivity contribution in [2.75, 3.05) is 33.3 Å². The summed E-state index contributed by atoms with van der Waals surface area (Å²) in [4.78, 5) is 21.9. The topological polar surface area (TPSA) is 63.5 Å². The van der Waals surface area contributed by atoms with Gasteiger partial charge < -0.3 is 9.64 Å². The van der Waals surface area contributed by atoms with Crippen molar-refractivity contribution in [1.82, 2.24) is 24.6 Å². The summed E-state index contributed by atoms with van der Waals surface area (Å²) in [6, 6.07) is 16.4. The molecule has 1 saturated heterocycles. The van der Waals surface area contributed by atoms with Crippen molar-refractivity contribution in [2.24, 2.45) is 0 Å². The van der Waals surface area contributed by atoms with Crippen LogP contribution in [-0.4, -0.2) is 63.8 Å². The molecule has 35 heavy (non-hydrogen) atoms. The zero-order chi connectivity index (χ0) is 24.4. The molecule has 1 aliphatic heterocycles. The number of benzene rings is 2. The molecule has 5 rings (SSSR count). The number of hydrogen-bond acceptors (Lipinski definition) is 5. The first kappa shape index (κ1) is 23.0. The number of ether oxygens (including phenoxy) is 1. The number of aryl methyl sites for hydroxylation is 1. The normalized spacial score (nSPS) is 14.4. The monoisotopic (exact) mass is 473 g/mol. The Morgan fingerprint density at radius 3 is 2.40 bits per heavy atom. The van der Waals surface area contributed by atoms with Crippen LogP contribution in [0.2, 0.25) is 0 Å². The molecule has 2 aromatic heterocycles. The Bertz CT molecular complexity index is 1330. The summed E-state index contributed by atoms with van der Waals surface area (Å²) in [5, 5.41) is 5.51. The van der Waals surface area contributed by atoms with Crippen molar-refractivity contribution in [3.63, 3.8) is 0 Å². The van der Waals surface area contributed by atoms with Crippen LogP contribution in [0.5, 0.6) is 5.75 Å². The number of rotatable bonds is 6. The first-order valence-corrected chi connectivity index (χ1v) is 11.7. The van der Waals surface area contributed by atoms with Gasteiger partial charge in [0.25, 0.3) is 0 Å². The molecule has 0 aliphatic carbocycles. The van der Waals surface area contributed by atoms with Gasteiger partial charge in [-0.15, -0.1) is 0 Å². The van der Waals surface area contributed by atoms with E-state index < -0.39 is 0 Å². The summed E-state index contributed by atoms with van der Waals surface area (Å²) < 4.78 is 20.3. The number of methoxy groups -OCH3 is 1. The molecular formula is C27H28FN5O2. The van der Waals surface area contributed by atoms with E-state index in [0.29, 0.717) is 18.7 Å². The molecule has 1 fully saturated rings. The Morgan fingerprint density at radius 2 is 1.71 bits per heavy atom. The lowest BCUT2D eigenvalue weighted by Crippen LogP contribution is -2.49. The third-order valence-electron chi connectivity index (χ3n) is 6.54. The molecule has 0 bridgehead atoms. The van der Waals surface area contributed by atoms with Crippen LogP contribution in [0.4, 0.5) is 4.39 Å². The van der Waals surface area contributed by atoms with E-state index in [1.165, 1.54) is 17.7 Å². The van der Waals surface area contributed by atoms with E-state index in [1.807, 2.05) is 30.0 Å². The zero-order valence-electron chi connectivity index (χ0n) is 19.9. The van der Waals surface area contributed by atoms with Crippen LogP contribution in [0, 0.1) is 12.7 Å². The first-order valence-electron chi connectivity index (χ1n) is 11.7. The number of halogens is 1. The van der Waals surface area contributed by atoms with Crippen LogP contribution in [-0.2, 0) is 17.9 Å². The molecule has 3 heterocycles. The summed E-state index contributed by atoms with van der Waals surface area (Å²) in [5.41, 5.74) is 4.51. The second kappa shape index (κ2) is 9.84. The smallest absolute Gasteiger partial charge is 0.244 e. The van der Waals surface area contributed by atoms with Crippen molar-refractivity contribution in [3.05, 3.63) is 77.9 Å². The van der Waals surface area contributed by atoms with Gasteiger partial charge in [-0.2, -0.15) is 5.10 Å². The number of fused-ring (bicyclic) bond motifs is 1. The number of nitrogens with zero attached hydrogens (tertiary/aromatic N) is 5. The maximum atomic E-state index is 13.4. The zero-order valence-corrected chi connectivity index (χ0v) is 19.9. The average molecular weight is 474 g/mol. The number of carbonyl (C=O) groups is 1. The minimum Gasteiger partial charge on any atom is -0.497 e. The largest absolute Gasteiger partial charge is 0.497 e. The Balaban J connectivity index is 1.25. The van der Waals surface area contributed by atoms with E-state index in [-0.39, 0.29) is 18.3 Å². The summed E-state index contributed by atoms with van der Waals surface area (Å²) >= 11 is 0. The third-order valence-corrected chi connectivity index (χ3v) is 6.54. The Morgan fingerprint density at radius 1 is 1.00 bits per heavy atom.